The van der Waals surface area contributed by atoms with Crippen LogP contribution in [0.5, 0.6) is 0 Å². The number of hydrogen-bond donors (Lipinski definition) is 2. The van der Waals surface area contributed by atoms with E-state index in [4.69, 9.17) is 5.11 Å². The third-order valence-electron chi connectivity index (χ3n) is 4.03. The Morgan fingerprint density at radius 2 is 2.15 bits per heavy atom. The molecule has 1 fully saturated rings. The Morgan fingerprint density at radius 3 is 2.75 bits per heavy atom. The predicted molar refractivity (Wildman–Crippen MR) is 86.1 cm³/mol. The molecule has 5 heteroatoms. The first-order valence-electron chi connectivity index (χ1n) is 7.72. The number of nitrogens with one attached hydrogen (secondary N) is 1. The van der Waals surface area contributed by atoms with Crippen molar-refractivity contribution in [1.29, 1.82) is 0 Å². The van der Waals surface area contributed by atoms with E-state index >= 15 is 0 Å². The largest absolute Gasteiger partial charge is 0.396 e. The molecule has 2 amide bonds. The second kappa shape index (κ2) is 8.78. The Labute approximate surface area is 127 Å². The Hall–Kier alpha value is -0.420. The summed E-state index contributed by atoms with van der Waals surface area (Å²) in [4.78, 5) is 14.2. The number of aliphatic hydroxyl groups excluding tert-OH is 1. The van der Waals surface area contributed by atoms with Crippen molar-refractivity contribution in [3.8, 4) is 0 Å². The third kappa shape index (κ3) is 5.52. The van der Waals surface area contributed by atoms with Crippen LogP contribution in [-0.2, 0) is 0 Å². The van der Waals surface area contributed by atoms with Crippen LogP contribution < -0.4 is 5.32 Å². The van der Waals surface area contributed by atoms with Gasteiger partial charge in [0.15, 0.2) is 0 Å². The van der Waals surface area contributed by atoms with Gasteiger partial charge in [-0.15, -0.1) is 0 Å². The van der Waals surface area contributed by atoms with Crippen LogP contribution in [0.25, 0.3) is 0 Å². The SMILES string of the molecule is CC(C)C[C@H](CCO)CNC(=O)N1CCS[C@@H](C)[C@H]1C. The summed E-state index contributed by atoms with van der Waals surface area (Å²) in [5.74, 6) is 1.98. The molecule has 118 valence electrons. The van der Waals surface area contributed by atoms with Crippen LogP contribution in [0.3, 0.4) is 0 Å². The van der Waals surface area contributed by atoms with E-state index in [9.17, 15) is 4.79 Å². The minimum atomic E-state index is 0.0522. The molecule has 0 aromatic rings. The maximum Gasteiger partial charge on any atom is 0.317 e. The summed E-state index contributed by atoms with van der Waals surface area (Å²) < 4.78 is 0. The van der Waals surface area contributed by atoms with Gasteiger partial charge in [-0.3, -0.25) is 0 Å². The van der Waals surface area contributed by atoms with E-state index in [-0.39, 0.29) is 18.7 Å². The fourth-order valence-corrected chi connectivity index (χ4v) is 3.80. The zero-order chi connectivity index (χ0) is 15.1. The molecule has 20 heavy (non-hydrogen) atoms. The molecule has 0 spiro atoms. The van der Waals surface area contributed by atoms with Crippen LogP contribution in [0.2, 0.25) is 0 Å². The summed E-state index contributed by atoms with van der Waals surface area (Å²) in [6.45, 7) is 10.4. The Morgan fingerprint density at radius 1 is 1.45 bits per heavy atom. The van der Waals surface area contributed by atoms with E-state index in [1.165, 1.54) is 0 Å². The van der Waals surface area contributed by atoms with E-state index in [2.05, 4.69) is 33.0 Å². The number of nitrogens with zero attached hydrogens (tertiary/aromatic N) is 1. The average molecular weight is 302 g/mol. The molecule has 0 radical (unpaired) electrons. The fraction of sp³-hybridized carbons (Fsp3) is 0.933. The molecule has 3 atom stereocenters. The van der Waals surface area contributed by atoms with Gasteiger partial charge in [0.1, 0.15) is 0 Å². The molecule has 0 unspecified atom stereocenters. The first kappa shape index (κ1) is 17.6. The number of rotatable bonds is 6. The van der Waals surface area contributed by atoms with Crippen molar-refractivity contribution in [1.82, 2.24) is 10.2 Å². The molecule has 1 aliphatic rings. The summed E-state index contributed by atoms with van der Waals surface area (Å²) in [6.07, 6.45) is 1.81. The number of carbonyl (C=O) groups is 1. The van der Waals surface area contributed by atoms with Crippen molar-refractivity contribution >= 4 is 17.8 Å². The van der Waals surface area contributed by atoms with E-state index in [0.29, 0.717) is 23.6 Å². The topological polar surface area (TPSA) is 52.6 Å². The van der Waals surface area contributed by atoms with E-state index in [1.54, 1.807) is 0 Å². The average Bonchev–Trinajstić information content (AvgIpc) is 2.38. The van der Waals surface area contributed by atoms with Crippen LogP contribution in [0, 0.1) is 11.8 Å². The highest BCUT2D eigenvalue weighted by Crippen LogP contribution is 2.24. The quantitative estimate of drug-likeness (QED) is 0.793. The van der Waals surface area contributed by atoms with Crippen molar-refractivity contribution in [2.45, 2.75) is 51.8 Å². The van der Waals surface area contributed by atoms with Gasteiger partial charge in [-0.25, -0.2) is 4.79 Å². The fourth-order valence-electron chi connectivity index (χ4n) is 2.71. The lowest BCUT2D eigenvalue weighted by atomic mass is 9.94. The van der Waals surface area contributed by atoms with Crippen LogP contribution in [0.15, 0.2) is 0 Å². The zero-order valence-corrected chi connectivity index (χ0v) is 14.1. The van der Waals surface area contributed by atoms with E-state index in [1.807, 2.05) is 16.7 Å². The highest BCUT2D eigenvalue weighted by molar-refractivity contribution is 8.00. The highest BCUT2D eigenvalue weighted by atomic mass is 32.2. The maximum absolute atomic E-state index is 12.3. The molecular formula is C15H30N2O2S. The van der Waals surface area contributed by atoms with Crippen LogP contribution in [-0.4, -0.2) is 52.8 Å². The molecule has 0 saturated carbocycles. The molecule has 1 aliphatic heterocycles. The van der Waals surface area contributed by atoms with Gasteiger partial charge in [-0.2, -0.15) is 11.8 Å². The minimum Gasteiger partial charge on any atom is -0.396 e. The summed E-state index contributed by atoms with van der Waals surface area (Å²) in [7, 11) is 0. The van der Waals surface area contributed by atoms with Crippen LogP contribution >= 0.6 is 11.8 Å². The Balaban J connectivity index is 2.43. The van der Waals surface area contributed by atoms with Crippen molar-refractivity contribution in [2.75, 3.05) is 25.4 Å². The molecule has 2 N–H and O–H groups in total. The zero-order valence-electron chi connectivity index (χ0n) is 13.3. The van der Waals surface area contributed by atoms with Gasteiger partial charge in [-0.05, 0) is 31.6 Å². The van der Waals surface area contributed by atoms with Gasteiger partial charge in [0, 0.05) is 36.7 Å². The molecule has 1 heterocycles. The van der Waals surface area contributed by atoms with Gasteiger partial charge < -0.3 is 15.3 Å². The first-order valence-corrected chi connectivity index (χ1v) is 8.77. The molecule has 1 saturated heterocycles. The van der Waals surface area contributed by atoms with Gasteiger partial charge in [0.2, 0.25) is 0 Å². The number of thioether (sulfide) groups is 1. The summed E-state index contributed by atoms with van der Waals surface area (Å²) in [5, 5.41) is 12.7. The van der Waals surface area contributed by atoms with Gasteiger partial charge in [0.25, 0.3) is 0 Å². The Kier molecular flexibility index (Phi) is 7.74. The van der Waals surface area contributed by atoms with Crippen molar-refractivity contribution in [3.63, 3.8) is 0 Å². The standard InChI is InChI=1S/C15H30N2O2S/c1-11(2)9-14(5-7-18)10-16-15(19)17-6-8-20-13(4)12(17)3/h11-14,18H,5-10H2,1-4H3,(H,16,19)/t12-,13+,14+/m1/s1. The van der Waals surface area contributed by atoms with Crippen molar-refractivity contribution in [3.05, 3.63) is 0 Å². The van der Waals surface area contributed by atoms with Gasteiger partial charge >= 0.3 is 6.03 Å². The van der Waals surface area contributed by atoms with Gasteiger partial charge in [-0.1, -0.05) is 20.8 Å². The van der Waals surface area contributed by atoms with Crippen LogP contribution in [0.1, 0.15) is 40.5 Å². The lowest BCUT2D eigenvalue weighted by Crippen LogP contribution is -2.52. The monoisotopic (exact) mass is 302 g/mol. The van der Waals surface area contributed by atoms with E-state index in [0.717, 1.165) is 25.1 Å². The number of aliphatic hydroxyl groups is 1. The maximum atomic E-state index is 12.3. The van der Waals surface area contributed by atoms with E-state index < -0.39 is 0 Å². The number of amides is 2. The molecule has 0 aromatic carbocycles. The number of urea groups is 1. The molecule has 0 aromatic heterocycles. The smallest absolute Gasteiger partial charge is 0.317 e. The molecule has 4 nitrogen and oxygen atoms in total. The second-order valence-electron chi connectivity index (χ2n) is 6.20. The van der Waals surface area contributed by atoms with Gasteiger partial charge in [0.05, 0.1) is 0 Å². The highest BCUT2D eigenvalue weighted by Gasteiger charge is 2.28. The summed E-state index contributed by atoms with van der Waals surface area (Å²) in [5.41, 5.74) is 0. The molecule has 1 rings (SSSR count). The third-order valence-corrected chi connectivity index (χ3v) is 5.37. The molecule has 0 bridgehead atoms. The van der Waals surface area contributed by atoms with Crippen molar-refractivity contribution in [2.24, 2.45) is 11.8 Å². The summed E-state index contributed by atoms with van der Waals surface area (Å²) >= 11 is 1.93. The first-order chi connectivity index (χ1) is 9.45. The Bertz CT molecular complexity index is 300. The predicted octanol–water partition coefficient (Wildman–Crippen LogP) is 2.57. The second-order valence-corrected chi connectivity index (χ2v) is 7.69. The molecule has 0 aliphatic carbocycles. The lowest BCUT2D eigenvalue weighted by molar-refractivity contribution is 0.175. The summed E-state index contributed by atoms with van der Waals surface area (Å²) in [6, 6.07) is 0.339. The lowest BCUT2D eigenvalue weighted by Gasteiger charge is -2.37. The van der Waals surface area contributed by atoms with Crippen molar-refractivity contribution < 1.29 is 9.90 Å². The normalized spacial score (nSPS) is 24.8. The molecular weight excluding hydrogens is 272 g/mol. The number of carbonyl (C=O) groups excluding carboxylic acids is 1. The number of hydrogen-bond acceptors (Lipinski definition) is 3. The minimum absolute atomic E-state index is 0.0522. The van der Waals surface area contributed by atoms with Crippen LogP contribution in [0.4, 0.5) is 4.79 Å².